The first-order chi connectivity index (χ1) is 23.8. The number of pyridine rings is 1. The Kier molecular flexibility index (Phi) is 10.2. The van der Waals surface area contributed by atoms with Crippen LogP contribution >= 0.6 is 0 Å². The Morgan fingerprint density at radius 1 is 0.922 bits per heavy atom. The largest absolute Gasteiger partial charge is 0.482 e. The van der Waals surface area contributed by atoms with Gasteiger partial charge >= 0.3 is 12.3 Å². The number of carbonyl (C=O) groups excluding carboxylic acids is 2. The molecule has 0 fully saturated rings. The predicted molar refractivity (Wildman–Crippen MR) is 180 cm³/mol. The summed E-state index contributed by atoms with van der Waals surface area (Å²) in [4.78, 5) is 29.9. The van der Waals surface area contributed by atoms with Crippen LogP contribution < -0.4 is 20.7 Å². The molecule has 17 heteroatoms. The van der Waals surface area contributed by atoms with Crippen molar-refractivity contribution in [2.24, 2.45) is 0 Å². The normalized spacial score (nSPS) is 12.6. The number of nitrogens with zero attached hydrogens (tertiary/aromatic N) is 3. The van der Waals surface area contributed by atoms with Crippen molar-refractivity contribution in [1.82, 2.24) is 19.9 Å². The number of fused-ring (bicyclic) bond motifs is 1. The van der Waals surface area contributed by atoms with Gasteiger partial charge in [-0.1, -0.05) is 24.3 Å². The average molecular weight is 729 g/mol. The maximum atomic E-state index is 13.6. The van der Waals surface area contributed by atoms with Crippen LogP contribution in [0.3, 0.4) is 0 Å². The first-order valence-electron chi connectivity index (χ1n) is 15.2. The maximum absolute atomic E-state index is 13.6. The van der Waals surface area contributed by atoms with Gasteiger partial charge in [-0.2, -0.15) is 18.2 Å². The zero-order chi connectivity index (χ0) is 37.1. The standard InChI is InChI=1S/C34H32F4N6O6S/c1-33(2,3)50-32(46)42-29(21-5-10-23(35)11-6-21)30(45)39-24-12-7-20(8-13-24)22-9-16-28-41-31(43-44(28)18-22)40-26-15-14-25(51(4,47)48)17-27(26)49-19-34(36,37)38/h5-18,29H,19H2,1-4H3,(H,39,45)(H,40,43)(H,42,46)/t29-/m1/s1. The van der Waals surface area contributed by atoms with Crippen LogP contribution in [0, 0.1) is 5.82 Å². The Morgan fingerprint density at radius 2 is 1.59 bits per heavy atom. The van der Waals surface area contributed by atoms with Crippen LogP contribution in [0.5, 0.6) is 5.75 Å². The third-order valence-corrected chi connectivity index (χ3v) is 8.07. The topological polar surface area (TPSA) is 153 Å². The summed E-state index contributed by atoms with van der Waals surface area (Å²) in [6.07, 6.45) is -2.91. The molecule has 3 aromatic carbocycles. The van der Waals surface area contributed by atoms with Crippen LogP contribution in [0.2, 0.25) is 0 Å². The van der Waals surface area contributed by atoms with Crippen molar-refractivity contribution in [3.05, 3.63) is 96.4 Å². The zero-order valence-corrected chi connectivity index (χ0v) is 28.4. The zero-order valence-electron chi connectivity index (χ0n) is 27.6. The molecule has 3 N–H and O–H groups in total. The summed E-state index contributed by atoms with van der Waals surface area (Å²) in [6, 6.07) is 17.6. The van der Waals surface area contributed by atoms with E-state index in [4.69, 9.17) is 9.47 Å². The van der Waals surface area contributed by atoms with Gasteiger partial charge in [-0.25, -0.2) is 22.1 Å². The second kappa shape index (κ2) is 14.3. The van der Waals surface area contributed by atoms with Gasteiger partial charge in [-0.05, 0) is 80.4 Å². The van der Waals surface area contributed by atoms with E-state index in [0.29, 0.717) is 22.5 Å². The van der Waals surface area contributed by atoms with Crippen molar-refractivity contribution < 1.29 is 45.0 Å². The number of alkyl carbamates (subject to hydrolysis) is 1. The summed E-state index contributed by atoms with van der Waals surface area (Å²) in [5.41, 5.74) is 1.75. The molecule has 0 aliphatic rings. The lowest BCUT2D eigenvalue weighted by Gasteiger charge is -2.23. The monoisotopic (exact) mass is 728 g/mol. The lowest BCUT2D eigenvalue weighted by Crippen LogP contribution is -2.40. The second-order valence-electron chi connectivity index (χ2n) is 12.3. The second-order valence-corrected chi connectivity index (χ2v) is 14.3. The lowest BCUT2D eigenvalue weighted by atomic mass is 10.1. The number of sulfone groups is 1. The number of amides is 2. The highest BCUT2D eigenvalue weighted by atomic mass is 32.2. The summed E-state index contributed by atoms with van der Waals surface area (Å²) in [5, 5.41) is 12.4. The van der Waals surface area contributed by atoms with Crippen LogP contribution in [-0.2, 0) is 19.4 Å². The molecule has 5 rings (SSSR count). The molecule has 0 unspecified atom stereocenters. The van der Waals surface area contributed by atoms with Crippen molar-refractivity contribution in [2.75, 3.05) is 23.5 Å². The van der Waals surface area contributed by atoms with Crippen LogP contribution in [0.15, 0.2) is 90.0 Å². The highest BCUT2D eigenvalue weighted by molar-refractivity contribution is 7.90. The third-order valence-electron chi connectivity index (χ3n) is 6.96. The first kappa shape index (κ1) is 36.6. The summed E-state index contributed by atoms with van der Waals surface area (Å²) in [5.74, 6) is -1.45. The Morgan fingerprint density at radius 3 is 2.22 bits per heavy atom. The fraction of sp³-hybridized carbons (Fsp3) is 0.235. The van der Waals surface area contributed by atoms with E-state index in [1.807, 2.05) is 0 Å². The molecule has 0 saturated heterocycles. The number of rotatable bonds is 10. The van der Waals surface area contributed by atoms with E-state index >= 15 is 0 Å². The third kappa shape index (κ3) is 9.94. The minimum Gasteiger partial charge on any atom is -0.482 e. The van der Waals surface area contributed by atoms with Crippen molar-refractivity contribution >= 4 is 44.8 Å². The summed E-state index contributed by atoms with van der Waals surface area (Å²) >= 11 is 0. The Balaban J connectivity index is 1.32. The quantitative estimate of drug-likeness (QED) is 0.131. The molecule has 51 heavy (non-hydrogen) atoms. The van der Waals surface area contributed by atoms with Gasteiger partial charge in [-0.3, -0.25) is 4.79 Å². The van der Waals surface area contributed by atoms with Gasteiger partial charge < -0.3 is 25.4 Å². The Hall–Kier alpha value is -5.71. The molecule has 2 amide bonds. The number of halogens is 4. The van der Waals surface area contributed by atoms with E-state index in [0.717, 1.165) is 17.9 Å². The predicted octanol–water partition coefficient (Wildman–Crippen LogP) is 6.83. The van der Waals surface area contributed by atoms with E-state index < -0.39 is 52.1 Å². The van der Waals surface area contributed by atoms with E-state index in [9.17, 15) is 35.6 Å². The Labute approximate surface area is 289 Å². The molecule has 5 aromatic rings. The van der Waals surface area contributed by atoms with Crippen LogP contribution in [0.25, 0.3) is 16.8 Å². The van der Waals surface area contributed by atoms with Crippen molar-refractivity contribution in [3.63, 3.8) is 0 Å². The number of ether oxygens (including phenoxy) is 2. The van der Waals surface area contributed by atoms with Gasteiger partial charge in [0.25, 0.3) is 5.91 Å². The maximum Gasteiger partial charge on any atom is 0.422 e. The molecular weight excluding hydrogens is 696 g/mol. The highest BCUT2D eigenvalue weighted by Crippen LogP contribution is 2.32. The SMILES string of the molecule is CC(C)(C)OC(=O)N[C@@H](C(=O)Nc1ccc(-c2ccc3nc(Nc4ccc(S(C)(=O)=O)cc4OCC(F)(F)F)nn3c2)cc1)c1ccc(F)cc1. The average Bonchev–Trinajstić information content (AvgIpc) is 3.44. The summed E-state index contributed by atoms with van der Waals surface area (Å²) in [7, 11) is -3.73. The van der Waals surface area contributed by atoms with Crippen LogP contribution in [0.1, 0.15) is 32.4 Å². The molecule has 2 heterocycles. The number of nitrogens with one attached hydrogen (secondary N) is 3. The summed E-state index contributed by atoms with van der Waals surface area (Å²) in [6.45, 7) is 3.39. The number of alkyl halides is 3. The molecule has 0 spiro atoms. The van der Waals surface area contributed by atoms with E-state index in [1.54, 1.807) is 63.4 Å². The molecule has 0 aliphatic heterocycles. The smallest absolute Gasteiger partial charge is 0.422 e. The van der Waals surface area contributed by atoms with E-state index in [-0.39, 0.29) is 22.3 Å². The molecule has 12 nitrogen and oxygen atoms in total. The van der Waals surface area contributed by atoms with Crippen molar-refractivity contribution in [1.29, 1.82) is 0 Å². The Bertz CT molecular complexity index is 2170. The summed E-state index contributed by atoms with van der Waals surface area (Å²) < 4.78 is 87.8. The number of hydrogen-bond donors (Lipinski definition) is 3. The van der Waals surface area contributed by atoms with E-state index in [1.165, 1.54) is 40.9 Å². The highest BCUT2D eigenvalue weighted by Gasteiger charge is 2.29. The molecule has 1 atom stereocenters. The molecule has 268 valence electrons. The fourth-order valence-electron chi connectivity index (χ4n) is 4.68. The van der Waals surface area contributed by atoms with Gasteiger partial charge in [-0.15, -0.1) is 5.10 Å². The van der Waals surface area contributed by atoms with Crippen molar-refractivity contribution in [3.8, 4) is 16.9 Å². The molecule has 2 aromatic heterocycles. The molecule has 0 bridgehead atoms. The number of anilines is 3. The van der Waals surface area contributed by atoms with Gasteiger partial charge in [0, 0.05) is 29.8 Å². The van der Waals surface area contributed by atoms with Gasteiger partial charge in [0.1, 0.15) is 23.2 Å². The first-order valence-corrected chi connectivity index (χ1v) is 17.1. The molecular formula is C34H32F4N6O6S. The molecule has 0 radical (unpaired) electrons. The minimum atomic E-state index is -4.66. The number of carbonyl (C=O) groups is 2. The van der Waals surface area contributed by atoms with Gasteiger partial charge in [0.05, 0.1) is 10.6 Å². The van der Waals surface area contributed by atoms with Gasteiger partial charge in [0.15, 0.2) is 22.1 Å². The van der Waals surface area contributed by atoms with Crippen LogP contribution in [0.4, 0.5) is 39.7 Å². The molecule has 0 saturated carbocycles. The lowest BCUT2D eigenvalue weighted by molar-refractivity contribution is -0.153. The fourth-order valence-corrected chi connectivity index (χ4v) is 5.32. The van der Waals surface area contributed by atoms with Crippen LogP contribution in [-0.4, -0.2) is 59.7 Å². The van der Waals surface area contributed by atoms with Gasteiger partial charge in [0.2, 0.25) is 5.95 Å². The molecule has 0 aliphatic carbocycles. The van der Waals surface area contributed by atoms with Crippen molar-refractivity contribution in [2.45, 2.75) is 43.5 Å². The minimum absolute atomic E-state index is 0.00451. The number of hydrogen-bond acceptors (Lipinski definition) is 9. The van der Waals surface area contributed by atoms with E-state index in [2.05, 4.69) is 26.0 Å². The number of benzene rings is 3. The number of aromatic nitrogens is 3.